The van der Waals surface area contributed by atoms with Crippen molar-refractivity contribution in [1.82, 2.24) is 15.4 Å². The van der Waals surface area contributed by atoms with Crippen LogP contribution in [0.4, 0.5) is 23.0 Å². The van der Waals surface area contributed by atoms with Crippen molar-refractivity contribution in [2.24, 2.45) is 0 Å². The zero-order valence-electron chi connectivity index (χ0n) is 14.0. The van der Waals surface area contributed by atoms with Gasteiger partial charge < -0.3 is 5.32 Å². The summed E-state index contributed by atoms with van der Waals surface area (Å²) >= 11 is 11.6. The Hall–Kier alpha value is -3.43. The van der Waals surface area contributed by atoms with Crippen LogP contribution in [0.3, 0.4) is 0 Å². The normalized spacial score (nSPS) is 10.2. The molecule has 2 aromatic carbocycles. The summed E-state index contributed by atoms with van der Waals surface area (Å²) in [5, 5.41) is 15.4. The van der Waals surface area contributed by atoms with E-state index in [1.54, 1.807) is 36.4 Å². The summed E-state index contributed by atoms with van der Waals surface area (Å²) in [6.45, 7) is 0. The minimum Gasteiger partial charge on any atom is -0.334 e. The standard InChI is InChI=1S/C17H12Cl2N6O3/c18-11-3-1-10(2-4-11)17(26)24-23-16-14(25(27)28)15(20-9-21-16)22-13-7-5-12(19)6-8-13/h1-9H,(H,24,26)(H2,20,21,22,23). The van der Waals surface area contributed by atoms with Gasteiger partial charge in [0.15, 0.2) is 0 Å². The molecule has 0 saturated carbocycles. The molecule has 11 heteroatoms. The van der Waals surface area contributed by atoms with Crippen molar-refractivity contribution in [3.05, 3.63) is 80.6 Å². The van der Waals surface area contributed by atoms with Gasteiger partial charge in [0.2, 0.25) is 11.6 Å². The van der Waals surface area contributed by atoms with E-state index in [0.29, 0.717) is 21.3 Å². The first-order valence-corrected chi connectivity index (χ1v) is 8.53. The van der Waals surface area contributed by atoms with Crippen LogP contribution < -0.4 is 16.2 Å². The number of carbonyl (C=O) groups excluding carboxylic acids is 1. The highest BCUT2D eigenvalue weighted by Gasteiger charge is 2.23. The number of nitro groups is 1. The summed E-state index contributed by atoms with van der Waals surface area (Å²) in [5.41, 5.74) is 5.23. The van der Waals surface area contributed by atoms with E-state index in [1.807, 2.05) is 0 Å². The number of aromatic nitrogens is 2. The molecule has 9 nitrogen and oxygen atoms in total. The average Bonchev–Trinajstić information content (AvgIpc) is 2.68. The van der Waals surface area contributed by atoms with Gasteiger partial charge >= 0.3 is 5.69 Å². The Bertz CT molecular complexity index is 1010. The second-order valence-corrected chi connectivity index (χ2v) is 6.27. The minimum atomic E-state index is -0.658. The third kappa shape index (κ3) is 4.64. The molecule has 142 valence electrons. The zero-order chi connectivity index (χ0) is 20.1. The third-order valence-corrected chi connectivity index (χ3v) is 4.02. The summed E-state index contributed by atoms with van der Waals surface area (Å²) in [6, 6.07) is 12.7. The van der Waals surface area contributed by atoms with Gasteiger partial charge in [-0.1, -0.05) is 23.2 Å². The first-order valence-electron chi connectivity index (χ1n) is 7.78. The molecule has 0 saturated heterocycles. The lowest BCUT2D eigenvalue weighted by atomic mass is 10.2. The number of amides is 1. The Morgan fingerprint density at radius 1 is 0.929 bits per heavy atom. The molecular weight excluding hydrogens is 407 g/mol. The quantitative estimate of drug-likeness (QED) is 0.405. The SMILES string of the molecule is O=C(NNc1ncnc(Nc2ccc(Cl)cc2)c1[N+](=O)[O-])c1ccc(Cl)cc1. The molecule has 1 heterocycles. The molecule has 0 spiro atoms. The predicted molar refractivity (Wildman–Crippen MR) is 106 cm³/mol. The van der Waals surface area contributed by atoms with Gasteiger partial charge in [-0.25, -0.2) is 9.97 Å². The van der Waals surface area contributed by atoms with Crippen molar-refractivity contribution in [1.29, 1.82) is 0 Å². The first-order chi connectivity index (χ1) is 13.4. The third-order valence-electron chi connectivity index (χ3n) is 3.51. The molecule has 0 fully saturated rings. The maximum absolute atomic E-state index is 12.2. The topological polar surface area (TPSA) is 122 Å². The Morgan fingerprint density at radius 2 is 1.50 bits per heavy atom. The fourth-order valence-corrected chi connectivity index (χ4v) is 2.45. The highest BCUT2D eigenvalue weighted by atomic mass is 35.5. The van der Waals surface area contributed by atoms with Gasteiger partial charge in [-0.2, -0.15) is 0 Å². The molecule has 0 radical (unpaired) electrons. The molecule has 3 rings (SSSR count). The molecule has 28 heavy (non-hydrogen) atoms. The maximum Gasteiger partial charge on any atom is 0.355 e. The van der Waals surface area contributed by atoms with E-state index < -0.39 is 16.5 Å². The Kier molecular flexibility index (Phi) is 5.87. The predicted octanol–water partition coefficient (Wildman–Crippen LogP) is 4.19. The second kappa shape index (κ2) is 8.51. The van der Waals surface area contributed by atoms with E-state index in [4.69, 9.17) is 23.2 Å². The van der Waals surface area contributed by atoms with Crippen LogP contribution in [0.5, 0.6) is 0 Å². The summed E-state index contributed by atoms with van der Waals surface area (Å²) in [4.78, 5) is 30.8. The van der Waals surface area contributed by atoms with Crippen LogP contribution in [-0.2, 0) is 0 Å². The molecule has 1 aromatic heterocycles. The highest BCUT2D eigenvalue weighted by Crippen LogP contribution is 2.31. The molecule has 0 aliphatic heterocycles. The number of halogens is 2. The molecule has 3 N–H and O–H groups in total. The fraction of sp³-hybridized carbons (Fsp3) is 0. The minimum absolute atomic E-state index is 0.0504. The number of hydrogen-bond acceptors (Lipinski definition) is 7. The van der Waals surface area contributed by atoms with E-state index in [-0.39, 0.29) is 11.6 Å². The number of nitrogens with zero attached hydrogens (tertiary/aromatic N) is 3. The molecule has 0 unspecified atom stereocenters. The Balaban J connectivity index is 1.80. The van der Waals surface area contributed by atoms with Gasteiger partial charge in [0.1, 0.15) is 6.33 Å². The first kappa shape index (κ1) is 19.3. The smallest absolute Gasteiger partial charge is 0.334 e. The van der Waals surface area contributed by atoms with Crippen LogP contribution in [0.1, 0.15) is 10.4 Å². The van der Waals surface area contributed by atoms with Gasteiger partial charge in [-0.15, -0.1) is 0 Å². The van der Waals surface area contributed by atoms with Gasteiger partial charge in [0.05, 0.1) is 4.92 Å². The highest BCUT2D eigenvalue weighted by molar-refractivity contribution is 6.30. The zero-order valence-corrected chi connectivity index (χ0v) is 15.5. The van der Waals surface area contributed by atoms with Crippen LogP contribution in [-0.4, -0.2) is 20.8 Å². The van der Waals surface area contributed by atoms with Gasteiger partial charge in [0.25, 0.3) is 5.91 Å². The number of hydrazine groups is 1. The molecular formula is C17H12Cl2N6O3. The van der Waals surface area contributed by atoms with E-state index in [9.17, 15) is 14.9 Å². The average molecular weight is 419 g/mol. The van der Waals surface area contributed by atoms with Crippen molar-refractivity contribution in [2.75, 3.05) is 10.7 Å². The van der Waals surface area contributed by atoms with Crippen LogP contribution in [0, 0.1) is 10.1 Å². The summed E-state index contributed by atoms with van der Waals surface area (Å²) in [7, 11) is 0. The lowest BCUT2D eigenvalue weighted by molar-refractivity contribution is -0.383. The molecule has 0 aliphatic carbocycles. The monoisotopic (exact) mass is 418 g/mol. The van der Waals surface area contributed by atoms with Crippen molar-refractivity contribution in [3.8, 4) is 0 Å². The number of carbonyl (C=O) groups is 1. The fourth-order valence-electron chi connectivity index (χ4n) is 2.19. The number of benzene rings is 2. The maximum atomic E-state index is 12.2. The van der Waals surface area contributed by atoms with Crippen LogP contribution in [0.15, 0.2) is 54.9 Å². The number of hydrogen-bond donors (Lipinski definition) is 3. The van der Waals surface area contributed by atoms with E-state index >= 15 is 0 Å². The van der Waals surface area contributed by atoms with Crippen LogP contribution >= 0.6 is 23.2 Å². The number of anilines is 3. The summed E-state index contributed by atoms with van der Waals surface area (Å²) in [6.07, 6.45) is 1.13. The second-order valence-electron chi connectivity index (χ2n) is 5.39. The van der Waals surface area contributed by atoms with Crippen LogP contribution in [0.25, 0.3) is 0 Å². The largest absolute Gasteiger partial charge is 0.355 e. The summed E-state index contributed by atoms with van der Waals surface area (Å²) < 4.78 is 0. The molecule has 1 amide bonds. The summed E-state index contributed by atoms with van der Waals surface area (Å²) in [5.74, 6) is -0.749. The van der Waals surface area contributed by atoms with Crippen molar-refractivity contribution in [3.63, 3.8) is 0 Å². The lowest BCUT2D eigenvalue weighted by Gasteiger charge is -2.11. The molecule has 0 atom stereocenters. The van der Waals surface area contributed by atoms with Gasteiger partial charge in [-0.3, -0.25) is 25.8 Å². The van der Waals surface area contributed by atoms with Gasteiger partial charge in [0, 0.05) is 21.3 Å². The number of nitrogens with one attached hydrogen (secondary N) is 3. The van der Waals surface area contributed by atoms with Gasteiger partial charge in [-0.05, 0) is 48.5 Å². The van der Waals surface area contributed by atoms with Crippen molar-refractivity contribution in [2.45, 2.75) is 0 Å². The van der Waals surface area contributed by atoms with Crippen molar-refractivity contribution >= 4 is 52.1 Å². The molecule has 0 aliphatic rings. The van der Waals surface area contributed by atoms with E-state index in [2.05, 4.69) is 26.1 Å². The van der Waals surface area contributed by atoms with E-state index in [0.717, 1.165) is 6.33 Å². The van der Waals surface area contributed by atoms with Crippen molar-refractivity contribution < 1.29 is 9.72 Å². The van der Waals surface area contributed by atoms with Crippen LogP contribution in [0.2, 0.25) is 10.0 Å². The molecule has 3 aromatic rings. The Labute approximate surface area is 168 Å². The number of rotatable bonds is 6. The lowest BCUT2D eigenvalue weighted by Crippen LogP contribution is -2.30. The van der Waals surface area contributed by atoms with E-state index in [1.165, 1.54) is 12.1 Å². The Morgan fingerprint density at radius 3 is 2.11 bits per heavy atom. The molecule has 0 bridgehead atoms.